The van der Waals surface area contributed by atoms with Crippen molar-refractivity contribution < 1.29 is 13.5 Å². The van der Waals surface area contributed by atoms with Crippen molar-refractivity contribution in [2.75, 3.05) is 25.5 Å². The molecule has 1 aliphatic rings. The van der Waals surface area contributed by atoms with Crippen molar-refractivity contribution in [3.8, 4) is 28.4 Å². The molecule has 4 aromatic heterocycles. The number of hydrogen-bond acceptors (Lipinski definition) is 7. The van der Waals surface area contributed by atoms with Gasteiger partial charge in [0.2, 0.25) is 0 Å². The van der Waals surface area contributed by atoms with Crippen LogP contribution in [0.4, 0.5) is 14.6 Å². The molecule has 1 atom stereocenters. The van der Waals surface area contributed by atoms with E-state index in [4.69, 9.17) is 9.72 Å². The van der Waals surface area contributed by atoms with Gasteiger partial charge in [-0.1, -0.05) is 6.07 Å². The highest BCUT2D eigenvalue weighted by molar-refractivity contribution is 5.69. The largest absolute Gasteiger partial charge is 0.494 e. The average Bonchev–Trinajstić information content (AvgIpc) is 3.53. The number of pyridine rings is 1. The quantitative estimate of drug-likeness (QED) is 0.490. The zero-order chi connectivity index (χ0) is 21.4. The standard InChI is InChI=1S/C20H20F2N8O/c1-31-16-7-18-24-10-15(14-3-2-4-17(27-14)26-13-5-6-23-9-13)30(18)28-19(16)12-8-25-29(11-12)20(21)22/h2-4,7-8,10-11,13,20,23H,5-6,9H2,1H3,(H,26,27). The highest BCUT2D eigenvalue weighted by atomic mass is 19.3. The summed E-state index contributed by atoms with van der Waals surface area (Å²) in [5, 5.41) is 15.1. The van der Waals surface area contributed by atoms with E-state index in [1.54, 1.807) is 16.8 Å². The first-order chi connectivity index (χ1) is 15.1. The third-order valence-corrected chi connectivity index (χ3v) is 5.18. The van der Waals surface area contributed by atoms with E-state index in [0.717, 1.165) is 25.3 Å². The number of halogens is 2. The molecule has 1 saturated heterocycles. The van der Waals surface area contributed by atoms with Gasteiger partial charge in [-0.05, 0) is 25.1 Å². The smallest absolute Gasteiger partial charge is 0.333 e. The molecule has 0 aliphatic carbocycles. The zero-order valence-corrected chi connectivity index (χ0v) is 16.7. The number of imidazole rings is 1. The number of anilines is 1. The second-order valence-corrected chi connectivity index (χ2v) is 7.20. The van der Waals surface area contributed by atoms with Crippen molar-refractivity contribution in [1.29, 1.82) is 0 Å². The maximum atomic E-state index is 13.0. The van der Waals surface area contributed by atoms with Gasteiger partial charge in [0.1, 0.15) is 17.2 Å². The molecule has 5 rings (SSSR count). The Balaban J connectivity index is 1.55. The molecule has 9 nitrogen and oxygen atoms in total. The molecule has 11 heteroatoms. The van der Waals surface area contributed by atoms with Crippen LogP contribution in [0.3, 0.4) is 0 Å². The lowest BCUT2D eigenvalue weighted by Crippen LogP contribution is -2.22. The molecule has 1 fully saturated rings. The lowest BCUT2D eigenvalue weighted by molar-refractivity contribution is 0.0566. The molecule has 1 aliphatic heterocycles. The lowest BCUT2D eigenvalue weighted by atomic mass is 10.2. The van der Waals surface area contributed by atoms with Crippen molar-refractivity contribution in [1.82, 2.24) is 34.7 Å². The Bertz CT molecular complexity index is 1220. The summed E-state index contributed by atoms with van der Waals surface area (Å²) in [6.45, 7) is -0.846. The number of nitrogens with one attached hydrogen (secondary N) is 2. The first-order valence-corrected chi connectivity index (χ1v) is 9.82. The van der Waals surface area contributed by atoms with Gasteiger partial charge >= 0.3 is 6.55 Å². The summed E-state index contributed by atoms with van der Waals surface area (Å²) in [6, 6.07) is 7.76. The van der Waals surface area contributed by atoms with Crippen LogP contribution < -0.4 is 15.4 Å². The lowest BCUT2D eigenvalue weighted by Gasteiger charge is -2.13. The van der Waals surface area contributed by atoms with Crippen molar-refractivity contribution >= 4 is 11.5 Å². The molecular weight excluding hydrogens is 406 g/mol. The number of alkyl halides is 2. The van der Waals surface area contributed by atoms with Gasteiger partial charge in [0.05, 0.1) is 25.2 Å². The van der Waals surface area contributed by atoms with Crippen LogP contribution in [0, 0.1) is 0 Å². The molecule has 0 bridgehead atoms. The van der Waals surface area contributed by atoms with Gasteiger partial charge in [-0.2, -0.15) is 19.0 Å². The maximum Gasteiger partial charge on any atom is 0.333 e. The van der Waals surface area contributed by atoms with Crippen LogP contribution >= 0.6 is 0 Å². The Morgan fingerprint density at radius 1 is 1.29 bits per heavy atom. The minimum atomic E-state index is -2.73. The van der Waals surface area contributed by atoms with E-state index in [-0.39, 0.29) is 0 Å². The summed E-state index contributed by atoms with van der Waals surface area (Å²) in [5.74, 6) is 1.18. The van der Waals surface area contributed by atoms with E-state index in [9.17, 15) is 8.78 Å². The molecule has 2 N–H and O–H groups in total. The first kappa shape index (κ1) is 19.4. The molecule has 0 saturated carbocycles. The Kier molecular flexibility index (Phi) is 4.94. The summed E-state index contributed by atoms with van der Waals surface area (Å²) in [7, 11) is 1.49. The van der Waals surface area contributed by atoms with Gasteiger partial charge in [-0.3, -0.25) is 0 Å². The molecule has 31 heavy (non-hydrogen) atoms. The second kappa shape index (κ2) is 7.91. The number of aromatic nitrogens is 6. The van der Waals surface area contributed by atoms with Crippen LogP contribution in [-0.4, -0.2) is 55.6 Å². The van der Waals surface area contributed by atoms with Crippen molar-refractivity contribution in [2.45, 2.75) is 19.0 Å². The Morgan fingerprint density at radius 3 is 2.94 bits per heavy atom. The van der Waals surface area contributed by atoms with Crippen LogP contribution in [-0.2, 0) is 0 Å². The van der Waals surface area contributed by atoms with E-state index in [1.807, 2.05) is 18.2 Å². The summed E-state index contributed by atoms with van der Waals surface area (Å²) >= 11 is 0. The summed E-state index contributed by atoms with van der Waals surface area (Å²) in [4.78, 5) is 9.13. The highest BCUT2D eigenvalue weighted by Gasteiger charge is 2.19. The fraction of sp³-hybridized carbons (Fsp3) is 0.300. The van der Waals surface area contributed by atoms with Gasteiger partial charge in [-0.25, -0.2) is 19.2 Å². The topological polar surface area (TPSA) is 94.2 Å². The Labute approximate surface area is 176 Å². The van der Waals surface area contributed by atoms with Gasteiger partial charge in [0.15, 0.2) is 11.4 Å². The predicted octanol–water partition coefficient (Wildman–Crippen LogP) is 2.83. The van der Waals surface area contributed by atoms with Crippen LogP contribution in [0.25, 0.3) is 28.3 Å². The highest BCUT2D eigenvalue weighted by Crippen LogP contribution is 2.31. The van der Waals surface area contributed by atoms with E-state index >= 15 is 0 Å². The van der Waals surface area contributed by atoms with Gasteiger partial charge < -0.3 is 15.4 Å². The summed E-state index contributed by atoms with van der Waals surface area (Å²) in [6.07, 6.45) is 5.28. The number of hydrogen-bond donors (Lipinski definition) is 2. The average molecular weight is 426 g/mol. The monoisotopic (exact) mass is 426 g/mol. The van der Waals surface area contributed by atoms with Gasteiger partial charge in [-0.15, -0.1) is 0 Å². The third-order valence-electron chi connectivity index (χ3n) is 5.18. The molecule has 1 unspecified atom stereocenters. The van der Waals surface area contributed by atoms with Crippen molar-refractivity contribution in [2.24, 2.45) is 0 Å². The molecular formula is C20H20F2N8O. The van der Waals surface area contributed by atoms with Gasteiger partial charge in [0.25, 0.3) is 0 Å². The molecule has 0 radical (unpaired) electrons. The second-order valence-electron chi connectivity index (χ2n) is 7.20. The van der Waals surface area contributed by atoms with Crippen molar-refractivity contribution in [3.05, 3.63) is 42.9 Å². The molecule has 0 amide bonds. The maximum absolute atomic E-state index is 13.0. The minimum Gasteiger partial charge on any atom is -0.494 e. The fourth-order valence-corrected chi connectivity index (χ4v) is 3.64. The zero-order valence-electron chi connectivity index (χ0n) is 16.7. The SMILES string of the molecule is COc1cc2ncc(-c3cccc(NC4CCNC4)n3)n2nc1-c1cnn(C(F)F)c1. The molecule has 0 spiro atoms. The van der Waals surface area contributed by atoms with Crippen LogP contribution in [0.2, 0.25) is 0 Å². The Hall–Kier alpha value is -3.60. The number of fused-ring (bicyclic) bond motifs is 1. The molecule has 5 heterocycles. The minimum absolute atomic E-state index is 0.338. The molecule has 0 aromatic carbocycles. The number of methoxy groups -OCH3 is 1. The number of nitrogens with zero attached hydrogens (tertiary/aromatic N) is 6. The van der Waals surface area contributed by atoms with E-state index < -0.39 is 6.55 Å². The number of ether oxygens (including phenoxy) is 1. The van der Waals surface area contributed by atoms with E-state index in [2.05, 4.69) is 25.8 Å². The molecule has 4 aromatic rings. The van der Waals surface area contributed by atoms with Crippen LogP contribution in [0.5, 0.6) is 5.75 Å². The normalized spacial score (nSPS) is 16.3. The molecule has 160 valence electrons. The summed E-state index contributed by atoms with van der Waals surface area (Å²) < 4.78 is 33.5. The number of rotatable bonds is 6. The third kappa shape index (κ3) is 3.67. The first-order valence-electron chi connectivity index (χ1n) is 9.82. The van der Waals surface area contributed by atoms with E-state index in [1.165, 1.54) is 19.5 Å². The predicted molar refractivity (Wildman–Crippen MR) is 110 cm³/mol. The van der Waals surface area contributed by atoms with Crippen LogP contribution in [0.1, 0.15) is 13.0 Å². The Morgan fingerprint density at radius 2 is 2.19 bits per heavy atom. The van der Waals surface area contributed by atoms with Gasteiger partial charge in [0, 0.05) is 30.4 Å². The fourth-order valence-electron chi connectivity index (χ4n) is 3.64. The van der Waals surface area contributed by atoms with Crippen molar-refractivity contribution in [3.63, 3.8) is 0 Å². The van der Waals surface area contributed by atoms with Crippen LogP contribution in [0.15, 0.2) is 42.9 Å². The van der Waals surface area contributed by atoms with E-state index in [0.29, 0.717) is 44.8 Å². The summed E-state index contributed by atoms with van der Waals surface area (Å²) in [5.41, 5.74) is 2.71.